The van der Waals surface area contributed by atoms with Gasteiger partial charge in [0.05, 0.1) is 6.61 Å². The SMILES string of the molecule is CCCCCOc1cc(/C=C/C(=O)NCCc2ccc(O)cc2)ccc1SCCCCC. The van der Waals surface area contributed by atoms with Gasteiger partial charge in [-0.1, -0.05) is 57.7 Å². The lowest BCUT2D eigenvalue weighted by Crippen LogP contribution is -2.23. The van der Waals surface area contributed by atoms with Gasteiger partial charge in [0.2, 0.25) is 5.91 Å². The number of thioether (sulfide) groups is 1. The summed E-state index contributed by atoms with van der Waals surface area (Å²) in [4.78, 5) is 13.4. The standard InChI is InChI=1S/C27H37NO3S/c1-3-5-7-19-31-25-21-23(11-15-26(25)32-20-8-6-4-2)12-16-27(30)28-18-17-22-9-13-24(29)14-10-22/h9-16,21,29H,3-8,17-20H2,1-2H3,(H,28,30)/b16-12+. The summed E-state index contributed by atoms with van der Waals surface area (Å²) in [7, 11) is 0. The Morgan fingerprint density at radius 1 is 1.03 bits per heavy atom. The largest absolute Gasteiger partial charge is 0.508 e. The van der Waals surface area contributed by atoms with Crippen molar-refractivity contribution in [3.63, 3.8) is 0 Å². The number of hydrogen-bond donors (Lipinski definition) is 2. The third kappa shape index (κ3) is 10.3. The van der Waals surface area contributed by atoms with Crippen LogP contribution in [0.1, 0.15) is 63.5 Å². The van der Waals surface area contributed by atoms with Gasteiger partial charge in [-0.15, -0.1) is 11.8 Å². The fraction of sp³-hybridized carbons (Fsp3) is 0.444. The molecule has 5 heteroatoms. The van der Waals surface area contributed by atoms with Crippen molar-refractivity contribution in [3.05, 3.63) is 59.7 Å². The van der Waals surface area contributed by atoms with Gasteiger partial charge in [0, 0.05) is 17.5 Å². The molecule has 0 aliphatic carbocycles. The first kappa shape index (κ1) is 25.9. The van der Waals surface area contributed by atoms with Crippen LogP contribution in [0, 0.1) is 0 Å². The number of carbonyl (C=O) groups excluding carboxylic acids is 1. The van der Waals surface area contributed by atoms with E-state index in [9.17, 15) is 9.90 Å². The summed E-state index contributed by atoms with van der Waals surface area (Å²) in [5.74, 6) is 2.14. The van der Waals surface area contributed by atoms with Gasteiger partial charge in [-0.05, 0) is 66.5 Å². The van der Waals surface area contributed by atoms with E-state index in [2.05, 4.69) is 25.2 Å². The molecule has 0 unspecified atom stereocenters. The van der Waals surface area contributed by atoms with Gasteiger partial charge < -0.3 is 15.2 Å². The molecular weight excluding hydrogens is 418 g/mol. The van der Waals surface area contributed by atoms with Gasteiger partial charge in [0.25, 0.3) is 0 Å². The Morgan fingerprint density at radius 3 is 2.53 bits per heavy atom. The first-order chi connectivity index (χ1) is 15.6. The molecule has 4 nitrogen and oxygen atoms in total. The summed E-state index contributed by atoms with van der Waals surface area (Å²) in [6, 6.07) is 13.2. The highest BCUT2D eigenvalue weighted by Crippen LogP contribution is 2.32. The second-order valence-corrected chi connectivity index (χ2v) is 8.99. The quantitative estimate of drug-likeness (QED) is 0.180. The predicted molar refractivity (Wildman–Crippen MR) is 136 cm³/mol. The van der Waals surface area contributed by atoms with Gasteiger partial charge in [-0.2, -0.15) is 0 Å². The third-order valence-corrected chi connectivity index (χ3v) is 6.20. The summed E-state index contributed by atoms with van der Waals surface area (Å²) >= 11 is 1.85. The lowest BCUT2D eigenvalue weighted by Gasteiger charge is -2.12. The van der Waals surface area contributed by atoms with E-state index >= 15 is 0 Å². The van der Waals surface area contributed by atoms with Crippen molar-refractivity contribution in [2.75, 3.05) is 18.9 Å². The summed E-state index contributed by atoms with van der Waals surface area (Å²) in [5, 5.41) is 12.2. The minimum Gasteiger partial charge on any atom is -0.508 e. The van der Waals surface area contributed by atoms with E-state index in [0.29, 0.717) is 6.54 Å². The summed E-state index contributed by atoms with van der Waals surface area (Å²) < 4.78 is 6.09. The highest BCUT2D eigenvalue weighted by molar-refractivity contribution is 7.99. The number of benzene rings is 2. The van der Waals surface area contributed by atoms with E-state index in [1.807, 2.05) is 42.1 Å². The first-order valence-electron chi connectivity index (χ1n) is 11.8. The smallest absolute Gasteiger partial charge is 0.244 e. The maximum Gasteiger partial charge on any atom is 0.244 e. The Labute approximate surface area is 197 Å². The number of unbranched alkanes of at least 4 members (excludes halogenated alkanes) is 4. The maximum absolute atomic E-state index is 12.2. The van der Waals surface area contributed by atoms with Gasteiger partial charge in [-0.3, -0.25) is 4.79 Å². The number of carbonyl (C=O) groups is 1. The topological polar surface area (TPSA) is 58.6 Å². The van der Waals surface area contributed by atoms with Crippen LogP contribution in [0.2, 0.25) is 0 Å². The summed E-state index contributed by atoms with van der Waals surface area (Å²) in [5.41, 5.74) is 2.03. The van der Waals surface area contributed by atoms with Crippen molar-refractivity contribution >= 4 is 23.7 Å². The monoisotopic (exact) mass is 455 g/mol. The van der Waals surface area contributed by atoms with Crippen LogP contribution in [0.25, 0.3) is 6.08 Å². The molecular formula is C27H37NO3S. The Morgan fingerprint density at radius 2 is 1.78 bits per heavy atom. The zero-order valence-electron chi connectivity index (χ0n) is 19.4. The van der Waals surface area contributed by atoms with Crippen molar-refractivity contribution < 1.29 is 14.6 Å². The number of hydrogen-bond acceptors (Lipinski definition) is 4. The van der Waals surface area contributed by atoms with Gasteiger partial charge in [0.15, 0.2) is 0 Å². The van der Waals surface area contributed by atoms with E-state index in [0.717, 1.165) is 42.1 Å². The fourth-order valence-electron chi connectivity index (χ4n) is 3.15. The molecule has 0 radical (unpaired) electrons. The number of rotatable bonds is 15. The number of nitrogens with one attached hydrogen (secondary N) is 1. The zero-order chi connectivity index (χ0) is 23.0. The van der Waals surface area contributed by atoms with Crippen LogP contribution in [0.4, 0.5) is 0 Å². The van der Waals surface area contributed by atoms with Crippen LogP contribution in [0.5, 0.6) is 11.5 Å². The van der Waals surface area contributed by atoms with Crippen LogP contribution >= 0.6 is 11.8 Å². The molecule has 0 bridgehead atoms. The van der Waals surface area contributed by atoms with Crippen LogP contribution in [-0.2, 0) is 11.2 Å². The lowest BCUT2D eigenvalue weighted by atomic mass is 10.1. The maximum atomic E-state index is 12.2. The molecule has 0 atom stereocenters. The van der Waals surface area contributed by atoms with E-state index in [-0.39, 0.29) is 11.7 Å². The van der Waals surface area contributed by atoms with Gasteiger partial charge in [-0.25, -0.2) is 0 Å². The average Bonchev–Trinajstić information content (AvgIpc) is 2.80. The second kappa shape index (κ2) is 15.4. The molecule has 0 saturated heterocycles. The van der Waals surface area contributed by atoms with E-state index < -0.39 is 0 Å². The molecule has 0 spiro atoms. The molecule has 32 heavy (non-hydrogen) atoms. The first-order valence-corrected chi connectivity index (χ1v) is 12.7. The van der Waals surface area contributed by atoms with Crippen molar-refractivity contribution in [3.8, 4) is 11.5 Å². The summed E-state index contributed by atoms with van der Waals surface area (Å²) in [6.45, 7) is 5.68. The number of aromatic hydroxyl groups is 1. The average molecular weight is 456 g/mol. The lowest BCUT2D eigenvalue weighted by molar-refractivity contribution is -0.116. The van der Waals surface area contributed by atoms with Crippen LogP contribution < -0.4 is 10.1 Å². The minimum atomic E-state index is -0.118. The van der Waals surface area contributed by atoms with Gasteiger partial charge in [0.1, 0.15) is 11.5 Å². The van der Waals surface area contributed by atoms with Crippen molar-refractivity contribution in [1.82, 2.24) is 5.32 Å². The fourth-order valence-corrected chi connectivity index (χ4v) is 4.14. The molecule has 0 aliphatic heterocycles. The Hall–Kier alpha value is -2.40. The Bertz CT molecular complexity index is 833. The highest BCUT2D eigenvalue weighted by Gasteiger charge is 2.06. The highest BCUT2D eigenvalue weighted by atomic mass is 32.2. The molecule has 0 aromatic heterocycles. The molecule has 2 N–H and O–H groups in total. The second-order valence-electron chi connectivity index (χ2n) is 7.86. The number of amides is 1. The molecule has 1 amide bonds. The molecule has 174 valence electrons. The molecule has 2 aromatic rings. The normalized spacial score (nSPS) is 11.1. The molecule has 0 saturated carbocycles. The molecule has 0 fully saturated rings. The number of phenols is 1. The van der Waals surface area contributed by atoms with Crippen molar-refractivity contribution in [1.29, 1.82) is 0 Å². The summed E-state index contributed by atoms with van der Waals surface area (Å²) in [6.07, 6.45) is 11.2. The number of phenolic OH excluding ortho intramolecular Hbond substituents is 1. The third-order valence-electron chi connectivity index (χ3n) is 5.06. The van der Waals surface area contributed by atoms with Crippen LogP contribution in [0.15, 0.2) is 53.4 Å². The predicted octanol–water partition coefficient (Wildman–Crippen LogP) is 6.62. The van der Waals surface area contributed by atoms with Crippen molar-refractivity contribution in [2.45, 2.75) is 63.7 Å². The van der Waals surface area contributed by atoms with Crippen LogP contribution in [0.3, 0.4) is 0 Å². The minimum absolute atomic E-state index is 0.118. The molecule has 2 aromatic carbocycles. The number of ether oxygens (including phenoxy) is 1. The van der Waals surface area contributed by atoms with E-state index in [1.165, 1.54) is 37.0 Å². The molecule has 0 heterocycles. The van der Waals surface area contributed by atoms with Crippen LogP contribution in [-0.4, -0.2) is 29.9 Å². The zero-order valence-corrected chi connectivity index (χ0v) is 20.3. The van der Waals surface area contributed by atoms with E-state index in [4.69, 9.17) is 4.74 Å². The molecule has 2 rings (SSSR count). The Balaban J connectivity index is 1.90. The van der Waals surface area contributed by atoms with E-state index in [1.54, 1.807) is 18.2 Å². The Kier molecular flexibility index (Phi) is 12.5. The molecule has 0 aliphatic rings. The van der Waals surface area contributed by atoms with Crippen molar-refractivity contribution in [2.24, 2.45) is 0 Å². The van der Waals surface area contributed by atoms with Gasteiger partial charge >= 0.3 is 0 Å².